The topological polar surface area (TPSA) is 68.3 Å². The van der Waals surface area contributed by atoms with Gasteiger partial charge in [-0.05, 0) is 10.2 Å². The second-order valence-corrected chi connectivity index (χ2v) is 0.454. The van der Waals surface area contributed by atoms with E-state index in [-0.39, 0.29) is 37.1 Å². The third-order valence-electron chi connectivity index (χ3n) is 0.0417. The largest absolute Gasteiger partial charge is 0.549 e. The molecule has 14 heavy (non-hydrogen) atoms. The first-order valence-electron chi connectivity index (χ1n) is 2.07. The average Bonchev–Trinajstić information content (AvgIpc) is 1.94. The van der Waals surface area contributed by atoms with Gasteiger partial charge in [-0.1, -0.05) is 43.7 Å². The van der Waals surface area contributed by atoms with Gasteiger partial charge in [0.25, 0.3) is 0 Å². The van der Waals surface area contributed by atoms with Gasteiger partial charge < -0.3 is 0 Å². The minimum atomic E-state index is -1.42. The lowest BCUT2D eigenvalue weighted by atomic mass is 11.2. The van der Waals surface area contributed by atoms with Crippen LogP contribution in [0, 0.1) is 0 Å². The Bertz CT molecular complexity index is 122. The number of hydrogen-bond donors (Lipinski definition) is 0. The Morgan fingerprint density at radius 3 is 0.857 bits per heavy atom. The predicted octanol–water partition coefficient (Wildman–Crippen LogP) is 1.17. The number of carbonyl (C=O) groups excluding carboxylic acids is 2. The molecule has 0 heterocycles. The molecular formula is C8H26O4Si2. The van der Waals surface area contributed by atoms with Crippen LogP contribution in [0.15, 0.2) is 0 Å². The summed E-state index contributed by atoms with van der Waals surface area (Å²) in [5.41, 5.74) is 0. The standard InChI is InChI=1S/C2O2.CH6Si.5CH4.O2Si/c3-1-2-4;1-2;;;;;;1-3-2/h;1-2H3;5*1H4;. The van der Waals surface area contributed by atoms with E-state index in [2.05, 4.69) is 6.55 Å². The quantitative estimate of drug-likeness (QED) is 0.472. The Hall–Kier alpha value is -0.806. The SMILES string of the molecule is C.C.C.C.C.C[SiH3].O=C=C=O.O=[Si]=O. The molecule has 0 saturated carbocycles. The van der Waals surface area contributed by atoms with Crippen LogP contribution < -0.4 is 0 Å². The first kappa shape index (κ1) is 72.7. The lowest BCUT2D eigenvalue weighted by Gasteiger charge is -1.07. The van der Waals surface area contributed by atoms with Crippen LogP contribution in [0.5, 0.6) is 0 Å². The monoisotopic (exact) mass is 242 g/mol. The van der Waals surface area contributed by atoms with E-state index in [4.69, 9.17) is 18.5 Å². The predicted molar refractivity (Wildman–Crippen MR) is 68.0 cm³/mol. The van der Waals surface area contributed by atoms with E-state index in [0.717, 1.165) is 11.9 Å². The fourth-order valence-electron chi connectivity index (χ4n) is 0. The Labute approximate surface area is 94.2 Å². The lowest BCUT2D eigenvalue weighted by Crippen LogP contribution is -1.38. The zero-order valence-electron chi connectivity index (χ0n) is 5.13. The van der Waals surface area contributed by atoms with Crippen LogP contribution in [-0.4, -0.2) is 31.4 Å². The van der Waals surface area contributed by atoms with Crippen molar-refractivity contribution in [1.29, 1.82) is 0 Å². The Kier molecular flexibility index (Phi) is 1650. The van der Waals surface area contributed by atoms with Crippen LogP contribution in [0.2, 0.25) is 6.55 Å². The maximum absolute atomic E-state index is 8.62. The highest BCUT2D eigenvalue weighted by atomic mass is 28.2. The van der Waals surface area contributed by atoms with Crippen LogP contribution in [0.3, 0.4) is 0 Å². The molecule has 0 aromatic carbocycles. The second kappa shape index (κ2) is 317. The maximum Gasteiger partial charge on any atom is 0.549 e. The first-order valence-corrected chi connectivity index (χ1v) is 4.88. The highest BCUT2D eigenvalue weighted by Gasteiger charge is 1.27. The van der Waals surface area contributed by atoms with Gasteiger partial charge in [0.2, 0.25) is 11.9 Å². The molecule has 0 amide bonds. The van der Waals surface area contributed by atoms with Crippen LogP contribution in [0.25, 0.3) is 0 Å². The van der Waals surface area contributed by atoms with Crippen LogP contribution in [-0.2, 0) is 18.5 Å². The maximum atomic E-state index is 8.62. The molecule has 0 rings (SSSR count). The van der Waals surface area contributed by atoms with Gasteiger partial charge in [-0.15, -0.1) is 0 Å². The molecule has 6 heteroatoms. The van der Waals surface area contributed by atoms with Gasteiger partial charge in [-0.2, -0.15) is 0 Å². The van der Waals surface area contributed by atoms with Crippen molar-refractivity contribution in [2.75, 3.05) is 0 Å². The van der Waals surface area contributed by atoms with Crippen molar-refractivity contribution in [3.8, 4) is 0 Å². The fourth-order valence-corrected chi connectivity index (χ4v) is 0. The fraction of sp³-hybridized carbons (Fsp3) is 0.750. The first-order chi connectivity index (χ1) is 4.33. The third kappa shape index (κ3) is 31000. The van der Waals surface area contributed by atoms with Crippen LogP contribution >= 0.6 is 0 Å². The molecule has 0 aromatic rings. The summed E-state index contributed by atoms with van der Waals surface area (Å²) in [6.07, 6.45) is 0. The van der Waals surface area contributed by atoms with E-state index in [0.29, 0.717) is 0 Å². The average molecular weight is 242 g/mol. The van der Waals surface area contributed by atoms with Crippen molar-refractivity contribution in [2.24, 2.45) is 0 Å². The zero-order chi connectivity index (χ0) is 8.12. The molecule has 0 radical (unpaired) electrons. The van der Waals surface area contributed by atoms with Gasteiger partial charge in [-0.3, -0.25) is 8.92 Å². The van der Waals surface area contributed by atoms with Gasteiger partial charge in [0.05, 0.1) is 0 Å². The van der Waals surface area contributed by atoms with E-state index in [1.165, 1.54) is 10.2 Å². The summed E-state index contributed by atoms with van der Waals surface area (Å²) < 4.78 is 16.8. The molecule has 0 unspecified atom stereocenters. The van der Waals surface area contributed by atoms with Crippen molar-refractivity contribution in [3.63, 3.8) is 0 Å². The van der Waals surface area contributed by atoms with E-state index in [1.54, 1.807) is 0 Å². The van der Waals surface area contributed by atoms with Crippen LogP contribution in [0.1, 0.15) is 37.1 Å². The molecule has 90 valence electrons. The lowest BCUT2D eigenvalue weighted by molar-refractivity contribution is 0.497. The molecule has 0 atom stereocenters. The summed E-state index contributed by atoms with van der Waals surface area (Å²) in [7, 11) is -0.111. The van der Waals surface area contributed by atoms with Crippen molar-refractivity contribution >= 4 is 31.4 Å². The summed E-state index contributed by atoms with van der Waals surface area (Å²) in [6, 6.07) is 0. The second-order valence-electron chi connectivity index (χ2n) is 0.287. The highest BCUT2D eigenvalue weighted by Crippen LogP contribution is 0.961. The molecule has 0 aromatic heterocycles. The molecule has 0 fully saturated rings. The van der Waals surface area contributed by atoms with Crippen molar-refractivity contribution < 1.29 is 18.5 Å². The number of hydrogen-bond acceptors (Lipinski definition) is 4. The summed E-state index contributed by atoms with van der Waals surface area (Å²) in [4.78, 5) is 17.2. The molecule has 0 aliphatic carbocycles. The molecule has 0 aliphatic rings. The van der Waals surface area contributed by atoms with Gasteiger partial charge in [0.1, 0.15) is 0 Å². The van der Waals surface area contributed by atoms with Crippen molar-refractivity contribution in [1.82, 2.24) is 0 Å². The van der Waals surface area contributed by atoms with E-state index >= 15 is 0 Å². The molecular weight excluding hydrogens is 216 g/mol. The zero-order valence-corrected chi connectivity index (χ0v) is 8.13. The van der Waals surface area contributed by atoms with E-state index < -0.39 is 9.29 Å². The Morgan fingerprint density at radius 1 is 0.786 bits per heavy atom. The number of rotatable bonds is 0. The molecule has 0 saturated heterocycles. The van der Waals surface area contributed by atoms with E-state index in [9.17, 15) is 0 Å². The molecule has 4 nitrogen and oxygen atoms in total. The Morgan fingerprint density at radius 2 is 0.857 bits per heavy atom. The summed E-state index contributed by atoms with van der Waals surface area (Å²) >= 11 is 0. The third-order valence-corrected chi connectivity index (χ3v) is 0.0417. The van der Waals surface area contributed by atoms with Gasteiger partial charge in [0.15, 0.2) is 0 Å². The normalized spacial score (nSPS) is 2.07. The molecule has 0 bridgehead atoms. The smallest absolute Gasteiger partial charge is 0.274 e. The summed E-state index contributed by atoms with van der Waals surface area (Å²) in [6.45, 7) is 2.14. The van der Waals surface area contributed by atoms with Gasteiger partial charge in [-0.25, -0.2) is 9.59 Å². The summed E-state index contributed by atoms with van der Waals surface area (Å²) in [5, 5.41) is 0. The van der Waals surface area contributed by atoms with Crippen molar-refractivity contribution in [2.45, 2.75) is 43.7 Å². The van der Waals surface area contributed by atoms with Gasteiger partial charge in [0, 0.05) is 0 Å². The molecule has 0 aliphatic heterocycles. The van der Waals surface area contributed by atoms with Gasteiger partial charge >= 0.3 is 9.29 Å². The minimum absolute atomic E-state index is 0. The van der Waals surface area contributed by atoms with Crippen molar-refractivity contribution in [3.05, 3.63) is 0 Å². The summed E-state index contributed by atoms with van der Waals surface area (Å²) in [5.74, 6) is 1.75. The Balaban J connectivity index is -0.00000000565. The molecule has 0 N–H and O–H groups in total. The van der Waals surface area contributed by atoms with Crippen LogP contribution in [0.4, 0.5) is 0 Å². The highest BCUT2D eigenvalue weighted by molar-refractivity contribution is 6.05. The van der Waals surface area contributed by atoms with E-state index in [1.807, 2.05) is 0 Å². The minimum Gasteiger partial charge on any atom is -0.274 e. The molecule has 0 spiro atoms.